The Morgan fingerprint density at radius 2 is 2.18 bits per heavy atom. The van der Waals surface area contributed by atoms with E-state index in [1.165, 1.54) is 0 Å². The summed E-state index contributed by atoms with van der Waals surface area (Å²) in [5, 5.41) is 20.4. The van der Waals surface area contributed by atoms with E-state index in [0.29, 0.717) is 19.6 Å². The highest BCUT2D eigenvalue weighted by Crippen LogP contribution is 1.86. The molecule has 0 aliphatic heterocycles. The van der Waals surface area contributed by atoms with Gasteiger partial charge >= 0.3 is 0 Å². The first-order valence-corrected chi connectivity index (χ1v) is 3.79. The molecule has 0 aromatic heterocycles. The van der Waals surface area contributed by atoms with Gasteiger partial charge in [0.05, 0.1) is 19.3 Å². The first-order chi connectivity index (χ1) is 5.31. The molecule has 0 saturated heterocycles. The van der Waals surface area contributed by atoms with E-state index in [-0.39, 0.29) is 6.61 Å². The van der Waals surface area contributed by atoms with Crippen molar-refractivity contribution in [1.29, 1.82) is 0 Å². The number of nitrogens with one attached hydrogen (secondary N) is 1. The third-order valence-corrected chi connectivity index (χ3v) is 1.35. The summed E-state index contributed by atoms with van der Waals surface area (Å²) in [6, 6.07) is 0. The van der Waals surface area contributed by atoms with Gasteiger partial charge in [-0.05, 0) is 13.0 Å². The minimum atomic E-state index is -0.593. The summed E-state index contributed by atoms with van der Waals surface area (Å²) in [5.74, 6) is 0. The maximum Gasteiger partial charge on any atom is 0.0783 e. The normalized spacial score (nSPS) is 13.4. The molecule has 0 bridgehead atoms. The van der Waals surface area contributed by atoms with E-state index < -0.39 is 6.10 Å². The van der Waals surface area contributed by atoms with Crippen LogP contribution in [0.4, 0.5) is 0 Å². The van der Waals surface area contributed by atoms with Crippen LogP contribution in [0.15, 0.2) is 0 Å². The van der Waals surface area contributed by atoms with E-state index in [0.717, 1.165) is 6.54 Å². The fraction of sp³-hybridized carbons (Fsp3) is 1.00. The zero-order valence-electron chi connectivity index (χ0n) is 6.92. The van der Waals surface area contributed by atoms with E-state index in [1.807, 2.05) is 0 Å². The van der Waals surface area contributed by atoms with Crippen molar-refractivity contribution in [3.63, 3.8) is 0 Å². The van der Waals surface area contributed by atoms with E-state index in [4.69, 9.17) is 14.9 Å². The third-order valence-electron chi connectivity index (χ3n) is 1.35. The predicted molar refractivity (Wildman–Crippen MR) is 42.5 cm³/mol. The van der Waals surface area contributed by atoms with Crippen molar-refractivity contribution in [2.75, 3.05) is 33.4 Å². The van der Waals surface area contributed by atoms with Crippen LogP contribution in [0, 0.1) is 0 Å². The van der Waals surface area contributed by atoms with Crippen LogP contribution < -0.4 is 5.32 Å². The molecule has 1 unspecified atom stereocenters. The molecule has 0 aliphatic carbocycles. The Balaban J connectivity index is 2.89. The van der Waals surface area contributed by atoms with Crippen molar-refractivity contribution < 1.29 is 14.9 Å². The van der Waals surface area contributed by atoms with E-state index >= 15 is 0 Å². The average Bonchev–Trinajstić information content (AvgIpc) is 2.04. The molecule has 0 spiro atoms. The minimum Gasteiger partial charge on any atom is -0.394 e. The Labute approximate surface area is 67.2 Å². The number of ether oxygens (including phenoxy) is 1. The third kappa shape index (κ3) is 7.74. The second kappa shape index (κ2) is 7.94. The first kappa shape index (κ1) is 10.8. The number of aliphatic hydroxyl groups is 2. The Bertz CT molecular complexity index is 80.1. The Kier molecular flexibility index (Phi) is 7.83. The number of methoxy groups -OCH3 is 1. The zero-order valence-corrected chi connectivity index (χ0v) is 6.92. The number of aliphatic hydroxyl groups excluding tert-OH is 2. The Morgan fingerprint density at radius 1 is 1.45 bits per heavy atom. The van der Waals surface area contributed by atoms with Crippen molar-refractivity contribution >= 4 is 0 Å². The summed E-state index contributed by atoms with van der Waals surface area (Å²) >= 11 is 0. The van der Waals surface area contributed by atoms with Crippen LogP contribution in [0.2, 0.25) is 0 Å². The summed E-state index contributed by atoms with van der Waals surface area (Å²) in [6.45, 7) is 2.01. The lowest BCUT2D eigenvalue weighted by Crippen LogP contribution is -2.25. The fourth-order valence-corrected chi connectivity index (χ4v) is 0.659. The second-order valence-electron chi connectivity index (χ2n) is 2.37. The van der Waals surface area contributed by atoms with Crippen molar-refractivity contribution in [3.8, 4) is 0 Å². The van der Waals surface area contributed by atoms with Gasteiger partial charge in [-0.15, -0.1) is 0 Å². The van der Waals surface area contributed by atoms with Gasteiger partial charge in [-0.1, -0.05) is 0 Å². The maximum atomic E-state index is 8.89. The molecule has 0 heterocycles. The largest absolute Gasteiger partial charge is 0.394 e. The monoisotopic (exact) mass is 163 g/mol. The Hall–Kier alpha value is -0.160. The van der Waals surface area contributed by atoms with E-state index in [2.05, 4.69) is 5.32 Å². The van der Waals surface area contributed by atoms with Crippen molar-refractivity contribution in [3.05, 3.63) is 0 Å². The highest BCUT2D eigenvalue weighted by molar-refractivity contribution is 4.55. The Morgan fingerprint density at radius 3 is 2.73 bits per heavy atom. The molecule has 0 aromatic carbocycles. The smallest absolute Gasteiger partial charge is 0.0783 e. The van der Waals surface area contributed by atoms with Crippen LogP contribution in [0.3, 0.4) is 0 Å². The van der Waals surface area contributed by atoms with Crippen LogP contribution in [0.1, 0.15) is 6.42 Å². The average molecular weight is 163 g/mol. The van der Waals surface area contributed by atoms with Gasteiger partial charge in [0.1, 0.15) is 0 Å². The molecule has 0 aliphatic rings. The molecule has 0 rings (SSSR count). The standard InChI is InChI=1S/C7H17NO3/c1-11-5-4-8-3-2-7(10)6-9/h7-10H,2-6H2,1H3. The highest BCUT2D eigenvalue weighted by Gasteiger charge is 1.99. The molecule has 0 aromatic rings. The highest BCUT2D eigenvalue weighted by atomic mass is 16.5. The lowest BCUT2D eigenvalue weighted by Gasteiger charge is -2.07. The van der Waals surface area contributed by atoms with E-state index in [1.54, 1.807) is 7.11 Å². The number of hydrogen-bond donors (Lipinski definition) is 3. The lowest BCUT2D eigenvalue weighted by molar-refractivity contribution is 0.0877. The van der Waals surface area contributed by atoms with Crippen LogP contribution in [-0.4, -0.2) is 49.7 Å². The van der Waals surface area contributed by atoms with Gasteiger partial charge in [-0.2, -0.15) is 0 Å². The van der Waals surface area contributed by atoms with Crippen LogP contribution in [-0.2, 0) is 4.74 Å². The minimum absolute atomic E-state index is 0.161. The molecule has 3 N–H and O–H groups in total. The number of hydrogen-bond acceptors (Lipinski definition) is 4. The number of rotatable bonds is 7. The SMILES string of the molecule is COCCNCCC(O)CO. The van der Waals surface area contributed by atoms with E-state index in [9.17, 15) is 0 Å². The zero-order chi connectivity index (χ0) is 8.53. The predicted octanol–water partition coefficient (Wildman–Crippen LogP) is -1.03. The summed E-state index contributed by atoms with van der Waals surface area (Å²) < 4.78 is 4.80. The molecule has 0 saturated carbocycles. The van der Waals surface area contributed by atoms with Gasteiger partial charge in [-0.3, -0.25) is 0 Å². The van der Waals surface area contributed by atoms with Crippen molar-refractivity contribution in [1.82, 2.24) is 5.32 Å². The van der Waals surface area contributed by atoms with Gasteiger partial charge in [0, 0.05) is 13.7 Å². The van der Waals surface area contributed by atoms with Gasteiger partial charge < -0.3 is 20.3 Å². The summed E-state index contributed by atoms with van der Waals surface area (Å²) in [6.07, 6.45) is -0.00901. The molecule has 68 valence electrons. The lowest BCUT2D eigenvalue weighted by atomic mass is 10.3. The van der Waals surface area contributed by atoms with Gasteiger partial charge in [-0.25, -0.2) is 0 Å². The molecular formula is C7H17NO3. The maximum absolute atomic E-state index is 8.89. The second-order valence-corrected chi connectivity index (χ2v) is 2.37. The molecule has 0 fully saturated rings. The topological polar surface area (TPSA) is 61.7 Å². The fourth-order valence-electron chi connectivity index (χ4n) is 0.659. The summed E-state index contributed by atoms with van der Waals surface area (Å²) in [4.78, 5) is 0. The first-order valence-electron chi connectivity index (χ1n) is 3.79. The molecular weight excluding hydrogens is 146 g/mol. The summed E-state index contributed by atoms with van der Waals surface area (Å²) in [7, 11) is 1.64. The molecule has 11 heavy (non-hydrogen) atoms. The summed E-state index contributed by atoms with van der Waals surface area (Å²) in [5.41, 5.74) is 0. The molecule has 0 radical (unpaired) electrons. The molecule has 4 nitrogen and oxygen atoms in total. The molecule has 1 atom stereocenters. The van der Waals surface area contributed by atoms with Crippen molar-refractivity contribution in [2.24, 2.45) is 0 Å². The van der Waals surface area contributed by atoms with Crippen LogP contribution in [0.5, 0.6) is 0 Å². The molecule has 4 heteroatoms. The van der Waals surface area contributed by atoms with Gasteiger partial charge in [0.15, 0.2) is 0 Å². The quantitative estimate of drug-likeness (QED) is 0.420. The van der Waals surface area contributed by atoms with Gasteiger partial charge in [0.25, 0.3) is 0 Å². The van der Waals surface area contributed by atoms with Crippen LogP contribution in [0.25, 0.3) is 0 Å². The molecule has 0 amide bonds. The van der Waals surface area contributed by atoms with Crippen molar-refractivity contribution in [2.45, 2.75) is 12.5 Å². The van der Waals surface area contributed by atoms with Crippen LogP contribution >= 0.6 is 0 Å². The van der Waals surface area contributed by atoms with Gasteiger partial charge in [0.2, 0.25) is 0 Å².